The van der Waals surface area contributed by atoms with E-state index in [1.165, 1.54) is 32.4 Å². The lowest BCUT2D eigenvalue weighted by Gasteiger charge is -2.26. The summed E-state index contributed by atoms with van der Waals surface area (Å²) in [5.74, 6) is 1.03. The van der Waals surface area contributed by atoms with Gasteiger partial charge in [-0.15, -0.1) is 0 Å². The molecule has 0 aromatic carbocycles. The molecule has 17 heavy (non-hydrogen) atoms. The van der Waals surface area contributed by atoms with Crippen LogP contribution < -0.4 is 10.6 Å². The summed E-state index contributed by atoms with van der Waals surface area (Å²) in [6.45, 7) is 6.27. The van der Waals surface area contributed by atoms with Crippen molar-refractivity contribution in [1.29, 1.82) is 0 Å². The Morgan fingerprint density at radius 1 is 1.59 bits per heavy atom. The van der Waals surface area contributed by atoms with Crippen LogP contribution >= 0.6 is 0 Å². The summed E-state index contributed by atoms with van der Waals surface area (Å²) >= 11 is 0. The predicted octanol–water partition coefficient (Wildman–Crippen LogP) is 0.690. The van der Waals surface area contributed by atoms with Gasteiger partial charge in [-0.2, -0.15) is 0 Å². The van der Waals surface area contributed by atoms with Crippen LogP contribution in [0.3, 0.4) is 0 Å². The van der Waals surface area contributed by atoms with Crippen LogP contribution in [0, 0.1) is 11.8 Å². The minimum atomic E-state index is 0.0782. The van der Waals surface area contributed by atoms with Gasteiger partial charge in [0.1, 0.15) is 0 Å². The van der Waals surface area contributed by atoms with Gasteiger partial charge in [0.05, 0.1) is 0 Å². The second-order valence-corrected chi connectivity index (χ2v) is 5.28. The molecule has 0 bridgehead atoms. The van der Waals surface area contributed by atoms with Crippen molar-refractivity contribution in [1.82, 2.24) is 15.5 Å². The molecule has 0 spiro atoms. The fourth-order valence-corrected chi connectivity index (χ4v) is 2.46. The van der Waals surface area contributed by atoms with Gasteiger partial charge in [0.2, 0.25) is 5.91 Å². The normalized spacial score (nSPS) is 22.5. The van der Waals surface area contributed by atoms with E-state index in [1.807, 2.05) is 6.92 Å². The van der Waals surface area contributed by atoms with Crippen molar-refractivity contribution < 1.29 is 4.79 Å². The van der Waals surface area contributed by atoms with Crippen LogP contribution in [-0.2, 0) is 4.79 Å². The Hall–Kier alpha value is -0.610. The quantitative estimate of drug-likeness (QED) is 0.719. The lowest BCUT2D eigenvalue weighted by atomic mass is 9.96. The van der Waals surface area contributed by atoms with Gasteiger partial charge in [0.25, 0.3) is 0 Å². The topological polar surface area (TPSA) is 44.4 Å². The van der Waals surface area contributed by atoms with E-state index in [0.29, 0.717) is 0 Å². The molecule has 0 aliphatic carbocycles. The molecule has 4 nitrogen and oxygen atoms in total. The number of carbonyl (C=O) groups excluding carboxylic acids is 1. The van der Waals surface area contributed by atoms with Gasteiger partial charge < -0.3 is 15.5 Å². The molecule has 100 valence electrons. The third-order valence-corrected chi connectivity index (χ3v) is 3.60. The molecule has 1 rings (SSSR count). The fraction of sp³-hybridized carbons (Fsp3) is 0.923. The van der Waals surface area contributed by atoms with Gasteiger partial charge in [0.15, 0.2) is 0 Å². The minimum Gasteiger partial charge on any atom is -0.359 e. The molecular formula is C13H27N3O. The molecule has 0 aromatic rings. The van der Waals surface area contributed by atoms with Gasteiger partial charge in [-0.05, 0) is 51.9 Å². The molecule has 1 aliphatic heterocycles. The summed E-state index contributed by atoms with van der Waals surface area (Å²) in [6.07, 6.45) is 3.90. The van der Waals surface area contributed by atoms with E-state index >= 15 is 0 Å². The van der Waals surface area contributed by atoms with E-state index in [0.717, 1.165) is 19.0 Å². The van der Waals surface area contributed by atoms with Gasteiger partial charge in [0, 0.05) is 19.5 Å². The number of hydrogen-bond acceptors (Lipinski definition) is 3. The molecule has 4 heteroatoms. The van der Waals surface area contributed by atoms with E-state index < -0.39 is 0 Å². The van der Waals surface area contributed by atoms with Crippen molar-refractivity contribution in [2.24, 2.45) is 11.8 Å². The molecule has 2 unspecified atom stereocenters. The van der Waals surface area contributed by atoms with Crippen LogP contribution in [0.4, 0.5) is 0 Å². The second kappa shape index (κ2) is 7.67. The van der Waals surface area contributed by atoms with Gasteiger partial charge in [-0.25, -0.2) is 0 Å². The van der Waals surface area contributed by atoms with E-state index in [4.69, 9.17) is 0 Å². The Balaban J connectivity index is 2.15. The molecule has 0 saturated carbocycles. The highest BCUT2D eigenvalue weighted by Crippen LogP contribution is 2.14. The smallest absolute Gasteiger partial charge is 0.223 e. The standard InChI is InChI=1S/C13H27N3O/c1-11(13(17)14-2)10-16(3)8-6-12-5-4-7-15-9-12/h11-12,15H,4-10H2,1-3H3,(H,14,17). The van der Waals surface area contributed by atoms with E-state index in [9.17, 15) is 4.79 Å². The minimum absolute atomic E-state index is 0.0782. The van der Waals surface area contributed by atoms with Crippen LogP contribution in [0.25, 0.3) is 0 Å². The number of piperidine rings is 1. The lowest BCUT2D eigenvalue weighted by Crippen LogP contribution is -2.36. The summed E-state index contributed by atoms with van der Waals surface area (Å²) in [5, 5.41) is 6.14. The third-order valence-electron chi connectivity index (χ3n) is 3.60. The molecular weight excluding hydrogens is 214 g/mol. The van der Waals surface area contributed by atoms with Crippen molar-refractivity contribution in [3.8, 4) is 0 Å². The van der Waals surface area contributed by atoms with Gasteiger partial charge >= 0.3 is 0 Å². The highest BCUT2D eigenvalue weighted by molar-refractivity contribution is 5.78. The zero-order chi connectivity index (χ0) is 12.7. The van der Waals surface area contributed by atoms with Crippen LogP contribution in [0.15, 0.2) is 0 Å². The predicted molar refractivity (Wildman–Crippen MR) is 70.9 cm³/mol. The van der Waals surface area contributed by atoms with Crippen LogP contribution in [0.1, 0.15) is 26.2 Å². The summed E-state index contributed by atoms with van der Waals surface area (Å²) < 4.78 is 0. The Morgan fingerprint density at radius 2 is 2.35 bits per heavy atom. The summed E-state index contributed by atoms with van der Waals surface area (Å²) in [7, 11) is 3.81. The molecule has 1 aliphatic rings. The van der Waals surface area contributed by atoms with Crippen molar-refractivity contribution in [2.75, 3.05) is 40.3 Å². The van der Waals surface area contributed by atoms with E-state index in [-0.39, 0.29) is 11.8 Å². The Labute approximate surface area is 105 Å². The SMILES string of the molecule is CNC(=O)C(C)CN(C)CCC1CCCNC1. The molecule has 1 amide bonds. The second-order valence-electron chi connectivity index (χ2n) is 5.28. The van der Waals surface area contributed by atoms with Crippen LogP contribution in [0.5, 0.6) is 0 Å². The highest BCUT2D eigenvalue weighted by atomic mass is 16.1. The van der Waals surface area contributed by atoms with Crippen molar-refractivity contribution in [3.05, 3.63) is 0 Å². The number of amides is 1. The third kappa shape index (κ3) is 5.50. The molecule has 0 radical (unpaired) electrons. The maximum Gasteiger partial charge on any atom is 0.223 e. The largest absolute Gasteiger partial charge is 0.359 e. The molecule has 1 heterocycles. The summed E-state index contributed by atoms with van der Waals surface area (Å²) in [6, 6.07) is 0. The zero-order valence-corrected chi connectivity index (χ0v) is 11.5. The van der Waals surface area contributed by atoms with Gasteiger partial charge in [-0.1, -0.05) is 6.92 Å². The van der Waals surface area contributed by atoms with Crippen molar-refractivity contribution >= 4 is 5.91 Å². The summed E-state index contributed by atoms with van der Waals surface area (Å²) in [4.78, 5) is 13.7. The Morgan fingerprint density at radius 3 is 2.94 bits per heavy atom. The number of rotatable bonds is 6. The van der Waals surface area contributed by atoms with E-state index in [2.05, 4.69) is 22.6 Å². The first-order valence-electron chi connectivity index (χ1n) is 6.74. The number of nitrogens with zero attached hydrogens (tertiary/aromatic N) is 1. The summed E-state index contributed by atoms with van der Waals surface area (Å²) in [5.41, 5.74) is 0. The Bertz CT molecular complexity index is 227. The molecule has 0 aromatic heterocycles. The average molecular weight is 241 g/mol. The molecule has 1 saturated heterocycles. The van der Waals surface area contributed by atoms with Crippen LogP contribution in [0.2, 0.25) is 0 Å². The highest BCUT2D eigenvalue weighted by Gasteiger charge is 2.16. The first-order valence-corrected chi connectivity index (χ1v) is 6.74. The first-order chi connectivity index (χ1) is 8.13. The van der Waals surface area contributed by atoms with Gasteiger partial charge in [-0.3, -0.25) is 4.79 Å². The lowest BCUT2D eigenvalue weighted by molar-refractivity contribution is -0.124. The first kappa shape index (κ1) is 14.5. The number of carbonyl (C=O) groups is 1. The average Bonchev–Trinajstić information content (AvgIpc) is 2.36. The maximum absolute atomic E-state index is 11.4. The Kier molecular flexibility index (Phi) is 6.52. The monoisotopic (exact) mass is 241 g/mol. The van der Waals surface area contributed by atoms with E-state index in [1.54, 1.807) is 7.05 Å². The number of nitrogens with one attached hydrogen (secondary N) is 2. The molecule has 2 atom stereocenters. The maximum atomic E-state index is 11.4. The molecule has 2 N–H and O–H groups in total. The fourth-order valence-electron chi connectivity index (χ4n) is 2.46. The van der Waals surface area contributed by atoms with Crippen LogP contribution in [-0.4, -0.2) is 51.1 Å². The van der Waals surface area contributed by atoms with Crippen molar-refractivity contribution in [3.63, 3.8) is 0 Å². The zero-order valence-electron chi connectivity index (χ0n) is 11.5. The van der Waals surface area contributed by atoms with Crippen molar-refractivity contribution in [2.45, 2.75) is 26.2 Å². The number of hydrogen-bond donors (Lipinski definition) is 2. The molecule has 1 fully saturated rings.